The maximum Gasteiger partial charge on any atom is 0.307 e. The van der Waals surface area contributed by atoms with Crippen molar-refractivity contribution in [2.45, 2.75) is 19.9 Å². The lowest BCUT2D eigenvalue weighted by Crippen LogP contribution is -2.34. The van der Waals surface area contributed by atoms with Crippen LogP contribution in [0.2, 0.25) is 0 Å². The zero-order valence-corrected chi connectivity index (χ0v) is 11.3. The highest BCUT2D eigenvalue weighted by Gasteiger charge is 2.06. The maximum absolute atomic E-state index is 11.4. The molecule has 0 atom stereocenters. The van der Waals surface area contributed by atoms with E-state index in [4.69, 9.17) is 5.11 Å². The third-order valence-electron chi connectivity index (χ3n) is 2.62. The molecule has 5 heteroatoms. The first-order valence-electron chi connectivity index (χ1n) is 6.26. The molecule has 0 aliphatic carbocycles. The van der Waals surface area contributed by atoms with Crippen LogP contribution in [0.4, 0.5) is 0 Å². The van der Waals surface area contributed by atoms with Crippen LogP contribution in [0.1, 0.15) is 18.1 Å². The predicted molar refractivity (Wildman–Crippen MR) is 72.8 cm³/mol. The van der Waals surface area contributed by atoms with Crippen molar-refractivity contribution < 1.29 is 14.7 Å². The van der Waals surface area contributed by atoms with Gasteiger partial charge < -0.3 is 10.4 Å². The molecule has 5 nitrogen and oxygen atoms in total. The van der Waals surface area contributed by atoms with E-state index in [9.17, 15) is 9.59 Å². The number of carbonyl (C=O) groups excluding carboxylic acids is 1. The van der Waals surface area contributed by atoms with E-state index in [2.05, 4.69) is 5.32 Å². The predicted octanol–water partition coefficient (Wildman–Crippen LogP) is 0.882. The van der Waals surface area contributed by atoms with E-state index in [0.29, 0.717) is 19.6 Å². The average molecular weight is 264 g/mol. The molecule has 2 N–H and O–H groups in total. The Morgan fingerprint density at radius 1 is 1.21 bits per heavy atom. The second-order valence-corrected chi connectivity index (χ2v) is 4.51. The van der Waals surface area contributed by atoms with E-state index in [0.717, 1.165) is 11.1 Å². The molecule has 0 aliphatic heterocycles. The lowest BCUT2D eigenvalue weighted by molar-refractivity contribution is -0.136. The van der Waals surface area contributed by atoms with Crippen LogP contribution in [-0.2, 0) is 22.6 Å². The van der Waals surface area contributed by atoms with Crippen molar-refractivity contribution in [3.8, 4) is 0 Å². The molecule has 1 amide bonds. The molecule has 0 saturated carbocycles. The Balaban J connectivity index is 2.48. The van der Waals surface area contributed by atoms with E-state index in [1.165, 1.54) is 0 Å². The van der Waals surface area contributed by atoms with Crippen molar-refractivity contribution in [2.24, 2.45) is 0 Å². The Morgan fingerprint density at radius 3 is 2.32 bits per heavy atom. The van der Waals surface area contributed by atoms with Crippen LogP contribution in [0.5, 0.6) is 0 Å². The molecule has 0 spiro atoms. The van der Waals surface area contributed by atoms with Crippen molar-refractivity contribution in [3.63, 3.8) is 0 Å². The summed E-state index contributed by atoms with van der Waals surface area (Å²) in [5.41, 5.74) is 1.84. The minimum atomic E-state index is -0.832. The fraction of sp³-hybridized carbons (Fsp3) is 0.429. The SMILES string of the molecule is CCNC(=O)CN(C)Cc1ccc(CC(=O)O)cc1. The normalized spacial score (nSPS) is 10.5. The number of rotatable bonds is 7. The van der Waals surface area contributed by atoms with Gasteiger partial charge in [-0.3, -0.25) is 14.5 Å². The summed E-state index contributed by atoms with van der Waals surface area (Å²) in [6.45, 7) is 3.53. The molecule has 1 rings (SSSR count). The topological polar surface area (TPSA) is 69.6 Å². The molecule has 1 aromatic carbocycles. The number of carboxylic acid groups (broad SMARTS) is 1. The van der Waals surface area contributed by atoms with Gasteiger partial charge in [0.1, 0.15) is 0 Å². The lowest BCUT2D eigenvalue weighted by Gasteiger charge is -2.16. The molecular formula is C14H20N2O3. The Kier molecular flexibility index (Phi) is 6.02. The Labute approximate surface area is 113 Å². The van der Waals surface area contributed by atoms with Gasteiger partial charge in [0.25, 0.3) is 0 Å². The van der Waals surface area contributed by atoms with Gasteiger partial charge in [0.05, 0.1) is 13.0 Å². The highest BCUT2D eigenvalue weighted by atomic mass is 16.4. The molecule has 1 aromatic rings. The second-order valence-electron chi connectivity index (χ2n) is 4.51. The van der Waals surface area contributed by atoms with Crippen LogP contribution < -0.4 is 5.32 Å². The molecular weight excluding hydrogens is 244 g/mol. The molecule has 0 heterocycles. The summed E-state index contributed by atoms with van der Waals surface area (Å²) >= 11 is 0. The minimum Gasteiger partial charge on any atom is -0.481 e. The molecule has 0 bridgehead atoms. The number of hydrogen-bond donors (Lipinski definition) is 2. The molecule has 104 valence electrons. The van der Waals surface area contributed by atoms with Gasteiger partial charge >= 0.3 is 5.97 Å². The summed E-state index contributed by atoms with van der Waals surface area (Å²) in [4.78, 5) is 23.9. The largest absolute Gasteiger partial charge is 0.481 e. The van der Waals surface area contributed by atoms with E-state index in [-0.39, 0.29) is 12.3 Å². The molecule has 0 unspecified atom stereocenters. The van der Waals surface area contributed by atoms with Crippen molar-refractivity contribution in [1.82, 2.24) is 10.2 Å². The number of likely N-dealkylation sites (N-methyl/N-ethyl adjacent to an activating group) is 2. The summed E-state index contributed by atoms with van der Waals surface area (Å²) in [7, 11) is 1.88. The van der Waals surface area contributed by atoms with Gasteiger partial charge in [-0.2, -0.15) is 0 Å². The van der Waals surface area contributed by atoms with Crippen LogP contribution in [0.25, 0.3) is 0 Å². The van der Waals surface area contributed by atoms with E-state index < -0.39 is 5.97 Å². The third kappa shape index (κ3) is 6.01. The van der Waals surface area contributed by atoms with Gasteiger partial charge in [-0.15, -0.1) is 0 Å². The van der Waals surface area contributed by atoms with Crippen LogP contribution in [0.15, 0.2) is 24.3 Å². The Hall–Kier alpha value is -1.88. The number of nitrogens with one attached hydrogen (secondary N) is 1. The Bertz CT molecular complexity index is 429. The van der Waals surface area contributed by atoms with E-state index >= 15 is 0 Å². The van der Waals surface area contributed by atoms with Crippen molar-refractivity contribution in [2.75, 3.05) is 20.1 Å². The average Bonchev–Trinajstić information content (AvgIpc) is 2.31. The number of hydrogen-bond acceptors (Lipinski definition) is 3. The number of benzene rings is 1. The molecule has 0 fully saturated rings. The quantitative estimate of drug-likeness (QED) is 0.767. The fourth-order valence-electron chi connectivity index (χ4n) is 1.80. The Morgan fingerprint density at radius 2 is 1.79 bits per heavy atom. The van der Waals surface area contributed by atoms with Crippen LogP contribution >= 0.6 is 0 Å². The zero-order valence-electron chi connectivity index (χ0n) is 11.3. The first kappa shape index (κ1) is 15.2. The standard InChI is InChI=1S/C14H20N2O3/c1-3-15-13(17)10-16(2)9-12-6-4-11(5-7-12)8-14(18)19/h4-7H,3,8-10H2,1-2H3,(H,15,17)(H,18,19). The highest BCUT2D eigenvalue weighted by Crippen LogP contribution is 2.07. The number of nitrogens with zero attached hydrogens (tertiary/aromatic N) is 1. The smallest absolute Gasteiger partial charge is 0.307 e. The highest BCUT2D eigenvalue weighted by molar-refractivity contribution is 5.77. The monoisotopic (exact) mass is 264 g/mol. The van der Waals surface area contributed by atoms with Crippen LogP contribution in [0.3, 0.4) is 0 Å². The molecule has 0 aromatic heterocycles. The number of amides is 1. The molecule has 0 aliphatic rings. The van der Waals surface area contributed by atoms with Crippen LogP contribution in [0, 0.1) is 0 Å². The number of carboxylic acids is 1. The van der Waals surface area contributed by atoms with Gasteiger partial charge in [-0.1, -0.05) is 24.3 Å². The molecule has 19 heavy (non-hydrogen) atoms. The van der Waals surface area contributed by atoms with Gasteiger partial charge in [0.15, 0.2) is 0 Å². The first-order chi connectivity index (χ1) is 9.01. The summed E-state index contributed by atoms with van der Waals surface area (Å²) < 4.78 is 0. The first-order valence-corrected chi connectivity index (χ1v) is 6.26. The van der Waals surface area contributed by atoms with Gasteiger partial charge in [0.2, 0.25) is 5.91 Å². The van der Waals surface area contributed by atoms with Crippen molar-refractivity contribution >= 4 is 11.9 Å². The fourth-order valence-corrected chi connectivity index (χ4v) is 1.80. The third-order valence-corrected chi connectivity index (χ3v) is 2.62. The number of aliphatic carboxylic acids is 1. The summed E-state index contributed by atoms with van der Waals surface area (Å²) in [6.07, 6.45) is 0.0367. The van der Waals surface area contributed by atoms with Gasteiger partial charge in [0, 0.05) is 13.1 Å². The summed E-state index contributed by atoms with van der Waals surface area (Å²) in [6, 6.07) is 7.41. The summed E-state index contributed by atoms with van der Waals surface area (Å²) in [5.74, 6) is -0.825. The zero-order chi connectivity index (χ0) is 14.3. The van der Waals surface area contributed by atoms with Crippen molar-refractivity contribution in [1.29, 1.82) is 0 Å². The second kappa shape index (κ2) is 7.53. The molecule has 0 saturated heterocycles. The van der Waals surface area contributed by atoms with E-state index in [1.807, 2.05) is 43.1 Å². The van der Waals surface area contributed by atoms with Crippen molar-refractivity contribution in [3.05, 3.63) is 35.4 Å². The minimum absolute atomic E-state index is 0.00694. The summed E-state index contributed by atoms with van der Waals surface area (Å²) in [5, 5.41) is 11.4. The number of carbonyl (C=O) groups is 2. The van der Waals surface area contributed by atoms with Crippen LogP contribution in [-0.4, -0.2) is 42.0 Å². The van der Waals surface area contributed by atoms with Gasteiger partial charge in [-0.25, -0.2) is 0 Å². The van der Waals surface area contributed by atoms with E-state index in [1.54, 1.807) is 0 Å². The van der Waals surface area contributed by atoms with Gasteiger partial charge in [-0.05, 0) is 25.1 Å². The maximum atomic E-state index is 11.4. The molecule has 0 radical (unpaired) electrons. The lowest BCUT2D eigenvalue weighted by atomic mass is 10.1.